The van der Waals surface area contributed by atoms with E-state index in [1.165, 1.54) is 4.31 Å². The number of unbranched alkanes of at least 4 members (excludes halogenated alkanes) is 1. The van der Waals surface area contributed by atoms with Crippen molar-refractivity contribution >= 4 is 21.7 Å². The van der Waals surface area contributed by atoms with Crippen LogP contribution in [0.15, 0.2) is 12.4 Å². The van der Waals surface area contributed by atoms with Gasteiger partial charge < -0.3 is 19.3 Å². The maximum Gasteiger partial charge on any atom is 0.266 e. The minimum Gasteiger partial charge on any atom is -0.477 e. The predicted octanol–water partition coefficient (Wildman–Crippen LogP) is 0.0937. The summed E-state index contributed by atoms with van der Waals surface area (Å²) in [5.41, 5.74) is 1.61. The summed E-state index contributed by atoms with van der Waals surface area (Å²) in [6.07, 6.45) is 5.40. The molecule has 0 radical (unpaired) electrons. The number of rotatable bonds is 11. The Bertz CT molecular complexity index is 884. The Labute approximate surface area is 201 Å². The molecule has 34 heavy (non-hydrogen) atoms. The van der Waals surface area contributed by atoms with Crippen molar-refractivity contribution in [3.05, 3.63) is 12.4 Å². The van der Waals surface area contributed by atoms with E-state index < -0.39 is 20.7 Å². The van der Waals surface area contributed by atoms with E-state index in [-0.39, 0.29) is 25.9 Å². The van der Waals surface area contributed by atoms with Crippen molar-refractivity contribution < 1.29 is 27.9 Å². The zero-order valence-electron chi connectivity index (χ0n) is 20.0. The number of amides is 1. The molecule has 0 bridgehead atoms. The first-order valence-corrected chi connectivity index (χ1v) is 13.2. The Morgan fingerprint density at radius 2 is 1.82 bits per heavy atom. The van der Waals surface area contributed by atoms with E-state index in [0.29, 0.717) is 57.6 Å². The minimum absolute atomic E-state index is 0.108. The van der Waals surface area contributed by atoms with Crippen molar-refractivity contribution in [2.45, 2.75) is 37.4 Å². The molecule has 0 aromatic carbocycles. The maximum atomic E-state index is 13.6. The van der Waals surface area contributed by atoms with Crippen LogP contribution in [0.3, 0.4) is 0 Å². The molecular weight excluding hydrogens is 464 g/mol. The SMILES string of the molecule is CCCCOc1cnc(N2CCN(S(=O)(=O)C3(C(=O)NO)CCN(CCOC)CC3)CC2)cn1. The molecule has 2 fully saturated rings. The summed E-state index contributed by atoms with van der Waals surface area (Å²) >= 11 is 0. The van der Waals surface area contributed by atoms with Crippen molar-refractivity contribution in [2.24, 2.45) is 0 Å². The highest BCUT2D eigenvalue weighted by Gasteiger charge is 2.55. The normalized spacial score (nSPS) is 19.7. The number of nitrogens with zero attached hydrogens (tertiary/aromatic N) is 5. The van der Waals surface area contributed by atoms with Crippen LogP contribution in [0.2, 0.25) is 0 Å². The van der Waals surface area contributed by atoms with Crippen LogP contribution in [-0.4, -0.2) is 110 Å². The van der Waals surface area contributed by atoms with Crippen LogP contribution in [0.1, 0.15) is 32.6 Å². The molecule has 3 rings (SSSR count). The molecule has 0 spiro atoms. The molecule has 0 saturated carbocycles. The number of aromatic nitrogens is 2. The molecule has 0 unspecified atom stereocenters. The van der Waals surface area contributed by atoms with Crippen LogP contribution in [-0.2, 0) is 19.6 Å². The topological polar surface area (TPSA) is 137 Å². The summed E-state index contributed by atoms with van der Waals surface area (Å²) in [4.78, 5) is 25.4. The molecular formula is C21H36N6O6S. The second-order valence-electron chi connectivity index (χ2n) is 8.58. The summed E-state index contributed by atoms with van der Waals surface area (Å²) in [7, 11) is -2.40. The number of hydrogen-bond acceptors (Lipinski definition) is 10. The second-order valence-corrected chi connectivity index (χ2v) is 10.8. The molecule has 2 N–H and O–H groups in total. The van der Waals surface area contributed by atoms with E-state index >= 15 is 0 Å². The fourth-order valence-corrected chi connectivity index (χ4v) is 6.45. The van der Waals surface area contributed by atoms with E-state index in [0.717, 1.165) is 12.8 Å². The van der Waals surface area contributed by atoms with E-state index in [4.69, 9.17) is 9.47 Å². The number of ether oxygens (including phenoxy) is 2. The standard InChI is InChI=1S/C21H36N6O6S/c1-3-4-14-33-19-17-22-18(16-23-19)26-9-11-27(12-10-26)34(30,31)21(20(28)24-29)5-7-25(8-6-21)13-15-32-2/h16-17,29H,3-15H2,1-2H3,(H,24,28). The highest BCUT2D eigenvalue weighted by Crippen LogP contribution is 2.34. The van der Waals surface area contributed by atoms with Crippen LogP contribution in [0.5, 0.6) is 5.88 Å². The molecule has 0 atom stereocenters. The van der Waals surface area contributed by atoms with Crippen LogP contribution in [0.25, 0.3) is 0 Å². The Morgan fingerprint density at radius 1 is 1.12 bits per heavy atom. The van der Waals surface area contributed by atoms with Gasteiger partial charge in [-0.15, -0.1) is 0 Å². The van der Waals surface area contributed by atoms with Crippen molar-refractivity contribution in [3.63, 3.8) is 0 Å². The zero-order valence-corrected chi connectivity index (χ0v) is 20.8. The lowest BCUT2D eigenvalue weighted by Crippen LogP contribution is -2.63. The maximum absolute atomic E-state index is 13.6. The number of carbonyl (C=O) groups is 1. The monoisotopic (exact) mass is 500 g/mol. The summed E-state index contributed by atoms with van der Waals surface area (Å²) < 4.78 is 37.6. The fourth-order valence-electron chi connectivity index (χ4n) is 4.34. The van der Waals surface area contributed by atoms with E-state index in [1.807, 2.05) is 4.90 Å². The lowest BCUT2D eigenvalue weighted by atomic mass is 9.95. The van der Waals surface area contributed by atoms with Gasteiger partial charge in [0, 0.05) is 52.9 Å². The van der Waals surface area contributed by atoms with E-state index in [1.54, 1.807) is 25.0 Å². The number of likely N-dealkylation sites (tertiary alicyclic amines) is 1. The zero-order chi connectivity index (χ0) is 24.6. The predicted molar refractivity (Wildman–Crippen MR) is 125 cm³/mol. The van der Waals surface area contributed by atoms with E-state index in [9.17, 15) is 18.4 Å². The minimum atomic E-state index is -4.01. The summed E-state index contributed by atoms with van der Waals surface area (Å²) in [5, 5.41) is 9.35. The first kappa shape index (κ1) is 26.5. The summed E-state index contributed by atoms with van der Waals surface area (Å²) in [5.74, 6) is 0.243. The van der Waals surface area contributed by atoms with Gasteiger partial charge in [-0.25, -0.2) is 23.9 Å². The average molecular weight is 501 g/mol. The molecule has 2 aliphatic heterocycles. The smallest absolute Gasteiger partial charge is 0.266 e. The molecule has 1 amide bonds. The molecule has 12 nitrogen and oxygen atoms in total. The third-order valence-electron chi connectivity index (χ3n) is 6.55. The Hall–Kier alpha value is -2.06. The highest BCUT2D eigenvalue weighted by atomic mass is 32.2. The molecule has 1 aromatic heterocycles. The molecule has 1 aromatic rings. The van der Waals surface area contributed by atoms with Crippen LogP contribution in [0.4, 0.5) is 5.82 Å². The lowest BCUT2D eigenvalue weighted by Gasteiger charge is -2.43. The van der Waals surface area contributed by atoms with Gasteiger partial charge in [0.2, 0.25) is 15.9 Å². The average Bonchev–Trinajstić information content (AvgIpc) is 2.88. The van der Waals surface area contributed by atoms with Gasteiger partial charge in [0.15, 0.2) is 4.75 Å². The number of piperidine rings is 1. The number of hydrogen-bond donors (Lipinski definition) is 2. The van der Waals surface area contributed by atoms with Crippen molar-refractivity contribution in [3.8, 4) is 5.88 Å². The van der Waals surface area contributed by atoms with Gasteiger partial charge in [-0.3, -0.25) is 10.0 Å². The molecule has 13 heteroatoms. The molecule has 2 saturated heterocycles. The Balaban J connectivity index is 1.64. The van der Waals surface area contributed by atoms with Gasteiger partial charge in [-0.1, -0.05) is 13.3 Å². The van der Waals surface area contributed by atoms with Crippen LogP contribution in [0, 0.1) is 0 Å². The van der Waals surface area contributed by atoms with Gasteiger partial charge in [0.05, 0.1) is 25.6 Å². The van der Waals surface area contributed by atoms with Gasteiger partial charge in [0.1, 0.15) is 5.82 Å². The lowest BCUT2D eigenvalue weighted by molar-refractivity contribution is -0.133. The number of piperazine rings is 1. The quantitative estimate of drug-likeness (QED) is 0.244. The molecule has 192 valence electrons. The molecule has 0 aliphatic carbocycles. The fraction of sp³-hybridized carbons (Fsp3) is 0.762. The van der Waals surface area contributed by atoms with Gasteiger partial charge in [0.25, 0.3) is 5.91 Å². The first-order valence-electron chi connectivity index (χ1n) is 11.7. The van der Waals surface area contributed by atoms with Crippen molar-refractivity contribution in [2.75, 3.05) is 71.0 Å². The number of sulfonamides is 1. The number of nitrogens with one attached hydrogen (secondary N) is 1. The van der Waals surface area contributed by atoms with Gasteiger partial charge in [-0.2, -0.15) is 4.31 Å². The second kappa shape index (κ2) is 12.1. The van der Waals surface area contributed by atoms with Crippen LogP contribution < -0.4 is 15.1 Å². The van der Waals surface area contributed by atoms with Crippen molar-refractivity contribution in [1.82, 2.24) is 24.7 Å². The Kier molecular flexibility index (Phi) is 9.42. The van der Waals surface area contributed by atoms with Crippen LogP contribution >= 0.6 is 0 Å². The van der Waals surface area contributed by atoms with E-state index in [2.05, 4.69) is 21.8 Å². The highest BCUT2D eigenvalue weighted by molar-refractivity contribution is 7.91. The number of hydroxylamine groups is 1. The molecule has 3 heterocycles. The molecule has 2 aliphatic rings. The third-order valence-corrected chi connectivity index (χ3v) is 9.18. The number of methoxy groups -OCH3 is 1. The summed E-state index contributed by atoms with van der Waals surface area (Å²) in [6.45, 7) is 5.99. The largest absolute Gasteiger partial charge is 0.477 e. The number of carbonyl (C=O) groups excluding carboxylic acids is 1. The first-order chi connectivity index (χ1) is 16.4. The number of anilines is 1. The van der Waals surface area contributed by atoms with Gasteiger partial charge >= 0.3 is 0 Å². The Morgan fingerprint density at radius 3 is 2.38 bits per heavy atom. The van der Waals surface area contributed by atoms with Crippen molar-refractivity contribution in [1.29, 1.82) is 0 Å². The third kappa shape index (κ3) is 5.77. The van der Waals surface area contributed by atoms with Gasteiger partial charge in [-0.05, 0) is 19.3 Å². The summed E-state index contributed by atoms with van der Waals surface area (Å²) in [6, 6.07) is 0.